The zero-order valence-corrected chi connectivity index (χ0v) is 14.1. The van der Waals surface area contributed by atoms with Crippen LogP contribution in [0.5, 0.6) is 5.75 Å². The molecule has 1 aromatic carbocycles. The Morgan fingerprint density at radius 1 is 1.09 bits per heavy atom. The predicted octanol–water partition coefficient (Wildman–Crippen LogP) is 4.42. The summed E-state index contributed by atoms with van der Waals surface area (Å²) in [6.07, 6.45) is 6.76. The molecule has 122 valence electrons. The molecule has 0 spiro atoms. The number of para-hydroxylation sites is 1. The first kappa shape index (κ1) is 16.9. The third kappa shape index (κ3) is 4.75. The number of rotatable bonds is 5. The van der Waals surface area contributed by atoms with Gasteiger partial charge in [0.1, 0.15) is 5.75 Å². The van der Waals surface area contributed by atoms with E-state index in [1.165, 1.54) is 25.7 Å². The van der Waals surface area contributed by atoms with Crippen LogP contribution in [0.1, 0.15) is 70.8 Å². The predicted molar refractivity (Wildman–Crippen MR) is 90.3 cm³/mol. The smallest absolute Gasteiger partial charge is 0.260 e. The number of nitrogens with one attached hydrogen (secondary N) is 1. The second kappa shape index (κ2) is 8.21. The minimum absolute atomic E-state index is 0.00505. The Kier molecular flexibility index (Phi) is 6.29. The van der Waals surface area contributed by atoms with Gasteiger partial charge in [-0.15, -0.1) is 0 Å². The molecule has 22 heavy (non-hydrogen) atoms. The molecule has 1 aliphatic rings. The van der Waals surface area contributed by atoms with Crippen LogP contribution in [0, 0.1) is 0 Å². The number of carbonyl (C=O) groups is 1. The highest BCUT2D eigenvalue weighted by Gasteiger charge is 2.21. The number of amides is 1. The van der Waals surface area contributed by atoms with E-state index >= 15 is 0 Å². The van der Waals surface area contributed by atoms with Gasteiger partial charge < -0.3 is 10.1 Å². The molecule has 0 aromatic heterocycles. The van der Waals surface area contributed by atoms with Crippen molar-refractivity contribution in [3.8, 4) is 5.75 Å². The summed E-state index contributed by atoms with van der Waals surface area (Å²) in [5, 5.41) is 3.16. The minimum Gasteiger partial charge on any atom is -0.481 e. The Morgan fingerprint density at radius 2 is 1.73 bits per heavy atom. The fourth-order valence-corrected chi connectivity index (χ4v) is 3.05. The van der Waals surface area contributed by atoms with Crippen molar-refractivity contribution in [1.82, 2.24) is 5.32 Å². The van der Waals surface area contributed by atoms with Crippen LogP contribution >= 0.6 is 0 Å². The maximum atomic E-state index is 12.4. The fraction of sp³-hybridized carbons (Fsp3) is 0.632. The number of benzene rings is 1. The average Bonchev–Trinajstić information content (AvgIpc) is 2.76. The van der Waals surface area contributed by atoms with Crippen LogP contribution in [0.2, 0.25) is 0 Å². The number of carbonyl (C=O) groups excluding carboxylic acids is 1. The van der Waals surface area contributed by atoms with Crippen molar-refractivity contribution in [2.45, 2.75) is 77.4 Å². The first-order valence-electron chi connectivity index (χ1n) is 8.64. The van der Waals surface area contributed by atoms with Crippen LogP contribution in [0.15, 0.2) is 24.3 Å². The van der Waals surface area contributed by atoms with E-state index in [2.05, 4.69) is 25.2 Å². The molecule has 1 amide bonds. The van der Waals surface area contributed by atoms with Crippen molar-refractivity contribution in [3.63, 3.8) is 0 Å². The Bertz CT molecular complexity index is 476. The van der Waals surface area contributed by atoms with Gasteiger partial charge in [-0.25, -0.2) is 0 Å². The number of hydrogen-bond acceptors (Lipinski definition) is 2. The molecular formula is C19H29NO2. The van der Waals surface area contributed by atoms with Crippen molar-refractivity contribution < 1.29 is 9.53 Å². The lowest BCUT2D eigenvalue weighted by atomic mass is 10.0. The van der Waals surface area contributed by atoms with Gasteiger partial charge in [-0.05, 0) is 37.3 Å². The second-order valence-electron chi connectivity index (χ2n) is 6.65. The molecule has 1 aliphatic carbocycles. The minimum atomic E-state index is -0.455. The molecule has 0 heterocycles. The molecule has 1 atom stereocenters. The first-order valence-corrected chi connectivity index (χ1v) is 8.64. The third-order valence-corrected chi connectivity index (χ3v) is 4.42. The average molecular weight is 303 g/mol. The van der Waals surface area contributed by atoms with Gasteiger partial charge in [-0.2, -0.15) is 0 Å². The molecule has 1 fully saturated rings. The molecule has 0 saturated heterocycles. The lowest BCUT2D eigenvalue weighted by Gasteiger charge is -2.22. The Balaban J connectivity index is 1.93. The van der Waals surface area contributed by atoms with E-state index in [0.717, 1.165) is 24.2 Å². The molecule has 0 bridgehead atoms. The van der Waals surface area contributed by atoms with Crippen LogP contribution in [-0.4, -0.2) is 18.1 Å². The highest BCUT2D eigenvalue weighted by atomic mass is 16.5. The van der Waals surface area contributed by atoms with Crippen molar-refractivity contribution in [1.29, 1.82) is 0 Å². The van der Waals surface area contributed by atoms with E-state index in [-0.39, 0.29) is 5.91 Å². The molecule has 2 rings (SSSR count). The van der Waals surface area contributed by atoms with E-state index in [9.17, 15) is 4.79 Å². The molecule has 0 unspecified atom stereocenters. The summed E-state index contributed by atoms with van der Waals surface area (Å²) in [4.78, 5) is 12.4. The van der Waals surface area contributed by atoms with Gasteiger partial charge in [0.15, 0.2) is 6.10 Å². The lowest BCUT2D eigenvalue weighted by molar-refractivity contribution is -0.128. The van der Waals surface area contributed by atoms with Crippen molar-refractivity contribution in [2.24, 2.45) is 0 Å². The molecule has 0 radical (unpaired) electrons. The topological polar surface area (TPSA) is 38.3 Å². The molecule has 3 heteroatoms. The van der Waals surface area contributed by atoms with Gasteiger partial charge in [0.05, 0.1) is 0 Å². The SMILES string of the molecule is CC(C)c1ccccc1O[C@H](C)C(=O)NC1CCCCCC1. The van der Waals surface area contributed by atoms with E-state index in [1.54, 1.807) is 0 Å². The van der Waals surface area contributed by atoms with E-state index in [1.807, 2.05) is 25.1 Å². The largest absolute Gasteiger partial charge is 0.481 e. The molecule has 1 saturated carbocycles. The summed E-state index contributed by atoms with van der Waals surface area (Å²) in [5.41, 5.74) is 1.15. The van der Waals surface area contributed by atoms with Gasteiger partial charge >= 0.3 is 0 Å². The van der Waals surface area contributed by atoms with E-state index < -0.39 is 6.10 Å². The van der Waals surface area contributed by atoms with Crippen molar-refractivity contribution in [2.75, 3.05) is 0 Å². The summed E-state index contributed by atoms with van der Waals surface area (Å²) in [6.45, 7) is 6.11. The first-order chi connectivity index (χ1) is 10.6. The van der Waals surface area contributed by atoms with E-state index in [0.29, 0.717) is 12.0 Å². The van der Waals surface area contributed by atoms with Gasteiger partial charge in [0.25, 0.3) is 5.91 Å². The highest BCUT2D eigenvalue weighted by molar-refractivity contribution is 5.81. The Labute approximate surface area is 134 Å². The zero-order chi connectivity index (χ0) is 15.9. The molecule has 1 aromatic rings. The van der Waals surface area contributed by atoms with Gasteiger partial charge in [-0.3, -0.25) is 4.79 Å². The number of ether oxygens (including phenoxy) is 1. The van der Waals surface area contributed by atoms with Gasteiger partial charge in [0.2, 0.25) is 0 Å². The van der Waals surface area contributed by atoms with Crippen LogP contribution in [0.3, 0.4) is 0 Å². The van der Waals surface area contributed by atoms with Crippen LogP contribution in [0.4, 0.5) is 0 Å². The van der Waals surface area contributed by atoms with Gasteiger partial charge in [0, 0.05) is 6.04 Å². The van der Waals surface area contributed by atoms with Gasteiger partial charge in [-0.1, -0.05) is 57.7 Å². The zero-order valence-electron chi connectivity index (χ0n) is 14.1. The summed E-state index contributed by atoms with van der Waals surface area (Å²) in [5.74, 6) is 1.21. The second-order valence-corrected chi connectivity index (χ2v) is 6.65. The van der Waals surface area contributed by atoms with Crippen LogP contribution in [-0.2, 0) is 4.79 Å². The standard InChI is InChI=1S/C19H29NO2/c1-14(2)17-12-8-9-13-18(17)22-15(3)19(21)20-16-10-6-4-5-7-11-16/h8-9,12-16H,4-7,10-11H2,1-3H3,(H,20,21)/t15-/m1/s1. The summed E-state index contributed by atoms with van der Waals surface area (Å²) in [6, 6.07) is 8.30. The summed E-state index contributed by atoms with van der Waals surface area (Å²) >= 11 is 0. The quantitative estimate of drug-likeness (QED) is 0.818. The van der Waals surface area contributed by atoms with Crippen LogP contribution < -0.4 is 10.1 Å². The molecule has 3 nitrogen and oxygen atoms in total. The van der Waals surface area contributed by atoms with E-state index in [4.69, 9.17) is 4.74 Å². The van der Waals surface area contributed by atoms with Crippen molar-refractivity contribution >= 4 is 5.91 Å². The highest BCUT2D eigenvalue weighted by Crippen LogP contribution is 2.26. The summed E-state index contributed by atoms with van der Waals surface area (Å²) < 4.78 is 5.93. The Morgan fingerprint density at radius 3 is 2.36 bits per heavy atom. The third-order valence-electron chi connectivity index (χ3n) is 4.42. The molecular weight excluding hydrogens is 274 g/mol. The fourth-order valence-electron chi connectivity index (χ4n) is 3.05. The Hall–Kier alpha value is -1.51. The van der Waals surface area contributed by atoms with Crippen molar-refractivity contribution in [3.05, 3.63) is 29.8 Å². The maximum Gasteiger partial charge on any atom is 0.260 e. The maximum absolute atomic E-state index is 12.4. The normalized spacial score (nSPS) is 17.8. The monoisotopic (exact) mass is 303 g/mol. The molecule has 0 aliphatic heterocycles. The summed E-state index contributed by atoms with van der Waals surface area (Å²) in [7, 11) is 0. The number of hydrogen-bond donors (Lipinski definition) is 1. The molecule has 1 N–H and O–H groups in total. The van der Waals surface area contributed by atoms with Crippen LogP contribution in [0.25, 0.3) is 0 Å². The lowest BCUT2D eigenvalue weighted by Crippen LogP contribution is -2.42.